The van der Waals surface area contributed by atoms with Crippen molar-refractivity contribution in [3.63, 3.8) is 0 Å². The van der Waals surface area contributed by atoms with E-state index in [4.69, 9.17) is 0 Å². The van der Waals surface area contributed by atoms with Crippen LogP contribution in [0.25, 0.3) is 0 Å². The van der Waals surface area contributed by atoms with Gasteiger partial charge in [0, 0.05) is 63.3 Å². The molecule has 0 aliphatic carbocycles. The number of nitrogens with zero attached hydrogens (tertiary/aromatic N) is 6. The molecule has 1 N–H and O–H groups in total. The van der Waals surface area contributed by atoms with Gasteiger partial charge in [-0.2, -0.15) is 0 Å². The maximum atomic E-state index is 12.7. The molecule has 8 nitrogen and oxygen atoms in total. The Morgan fingerprint density at radius 2 is 1.65 bits per heavy atom. The largest absolute Gasteiger partial charge is 0.354 e. The van der Waals surface area contributed by atoms with E-state index in [0.29, 0.717) is 11.4 Å². The van der Waals surface area contributed by atoms with Crippen LogP contribution in [0.4, 0.5) is 11.6 Å². The van der Waals surface area contributed by atoms with Crippen LogP contribution in [0.5, 0.6) is 0 Å². The second-order valence-electron chi connectivity index (χ2n) is 8.40. The third-order valence-corrected chi connectivity index (χ3v) is 5.98. The number of rotatable bonds is 7. The normalized spacial score (nSPS) is 14.2. The lowest BCUT2D eigenvalue weighted by Gasteiger charge is -2.35. The van der Waals surface area contributed by atoms with Gasteiger partial charge in [-0.1, -0.05) is 42.5 Å². The number of carbonyl (C=O) groups is 1. The SMILES string of the molecule is O=C(Nc1cc(N2CCN(Cc3ccccc3)CC2)ncn1)c1ccc(Cn2ccnc2)cc1. The van der Waals surface area contributed by atoms with E-state index in [-0.39, 0.29) is 5.91 Å². The van der Waals surface area contributed by atoms with Gasteiger partial charge in [0.05, 0.1) is 6.33 Å². The van der Waals surface area contributed by atoms with Crippen molar-refractivity contribution in [2.24, 2.45) is 0 Å². The van der Waals surface area contributed by atoms with Gasteiger partial charge in [-0.25, -0.2) is 15.0 Å². The highest BCUT2D eigenvalue weighted by molar-refractivity contribution is 6.03. The predicted octanol–water partition coefficient (Wildman–Crippen LogP) is 3.30. The Morgan fingerprint density at radius 1 is 0.882 bits per heavy atom. The Balaban J connectivity index is 1.16. The highest BCUT2D eigenvalue weighted by atomic mass is 16.1. The van der Waals surface area contributed by atoms with E-state index in [9.17, 15) is 4.79 Å². The second-order valence-corrected chi connectivity index (χ2v) is 8.40. The highest BCUT2D eigenvalue weighted by Gasteiger charge is 2.19. The summed E-state index contributed by atoms with van der Waals surface area (Å²) in [5.74, 6) is 1.15. The van der Waals surface area contributed by atoms with Crippen molar-refractivity contribution in [3.05, 3.63) is 102 Å². The molecule has 0 spiro atoms. The standard InChI is InChI=1S/C26H27N7O/c34-26(23-8-6-22(7-9-23)18-32-11-10-27-20-32)30-24-16-25(29-19-28-24)33-14-12-31(13-15-33)17-21-4-2-1-3-5-21/h1-11,16,19-20H,12-15,17-18H2,(H,28,29,30,34). The zero-order valence-electron chi connectivity index (χ0n) is 18.9. The zero-order valence-corrected chi connectivity index (χ0v) is 18.9. The van der Waals surface area contributed by atoms with Crippen molar-refractivity contribution in [3.8, 4) is 0 Å². The lowest BCUT2D eigenvalue weighted by atomic mass is 10.1. The lowest BCUT2D eigenvalue weighted by Crippen LogP contribution is -2.46. The molecule has 1 fully saturated rings. The predicted molar refractivity (Wildman–Crippen MR) is 132 cm³/mol. The molecule has 4 aromatic rings. The quantitative estimate of drug-likeness (QED) is 0.463. The van der Waals surface area contributed by atoms with Crippen LogP contribution in [0.1, 0.15) is 21.5 Å². The lowest BCUT2D eigenvalue weighted by molar-refractivity contribution is 0.102. The van der Waals surface area contributed by atoms with Crippen LogP contribution in [0.15, 0.2) is 85.7 Å². The van der Waals surface area contributed by atoms with Crippen molar-refractivity contribution in [2.45, 2.75) is 13.1 Å². The second kappa shape index (κ2) is 10.3. The fourth-order valence-corrected chi connectivity index (χ4v) is 4.11. The van der Waals surface area contributed by atoms with E-state index in [1.165, 1.54) is 11.9 Å². The molecule has 0 radical (unpaired) electrons. The number of hydrogen-bond acceptors (Lipinski definition) is 6. The van der Waals surface area contributed by atoms with Crippen molar-refractivity contribution >= 4 is 17.5 Å². The van der Waals surface area contributed by atoms with Crippen LogP contribution in [0, 0.1) is 0 Å². The Kier molecular flexibility index (Phi) is 6.58. The summed E-state index contributed by atoms with van der Waals surface area (Å²) in [6.07, 6.45) is 6.95. The summed E-state index contributed by atoms with van der Waals surface area (Å²) < 4.78 is 1.99. The average molecular weight is 454 g/mol. The van der Waals surface area contributed by atoms with Gasteiger partial charge >= 0.3 is 0 Å². The van der Waals surface area contributed by atoms with E-state index < -0.39 is 0 Å². The molecule has 34 heavy (non-hydrogen) atoms. The molecule has 2 aromatic heterocycles. The zero-order chi connectivity index (χ0) is 23.2. The molecule has 0 atom stereocenters. The van der Waals surface area contributed by atoms with Gasteiger partial charge < -0.3 is 14.8 Å². The molecule has 0 bridgehead atoms. The van der Waals surface area contributed by atoms with Crippen molar-refractivity contribution in [1.29, 1.82) is 0 Å². The first kappa shape index (κ1) is 21.8. The van der Waals surface area contributed by atoms with Crippen molar-refractivity contribution in [2.75, 3.05) is 36.4 Å². The molecule has 0 saturated carbocycles. The van der Waals surface area contributed by atoms with Gasteiger partial charge in [0.15, 0.2) is 0 Å². The molecule has 2 aromatic carbocycles. The molecule has 1 aliphatic heterocycles. The van der Waals surface area contributed by atoms with Gasteiger partial charge in [-0.3, -0.25) is 9.69 Å². The summed E-state index contributed by atoms with van der Waals surface area (Å²) in [6.45, 7) is 5.37. The van der Waals surface area contributed by atoms with Gasteiger partial charge in [0.2, 0.25) is 0 Å². The number of nitrogens with one attached hydrogen (secondary N) is 1. The molecule has 0 unspecified atom stereocenters. The van der Waals surface area contributed by atoms with Crippen LogP contribution in [-0.4, -0.2) is 56.5 Å². The van der Waals surface area contributed by atoms with Crippen LogP contribution in [0.2, 0.25) is 0 Å². The van der Waals surface area contributed by atoms with Gasteiger partial charge in [0.25, 0.3) is 5.91 Å². The molecular weight excluding hydrogens is 426 g/mol. The van der Waals surface area contributed by atoms with Crippen LogP contribution in [0.3, 0.4) is 0 Å². The molecule has 5 rings (SSSR count). The highest BCUT2D eigenvalue weighted by Crippen LogP contribution is 2.18. The fourth-order valence-electron chi connectivity index (χ4n) is 4.11. The monoisotopic (exact) mass is 453 g/mol. The summed E-state index contributed by atoms with van der Waals surface area (Å²) >= 11 is 0. The molecular formula is C26H27N7O. The third kappa shape index (κ3) is 5.47. The number of anilines is 2. The fraction of sp³-hybridized carbons (Fsp3) is 0.231. The summed E-state index contributed by atoms with van der Waals surface area (Å²) in [6, 6.07) is 20.0. The van der Waals surface area contributed by atoms with E-state index in [1.54, 1.807) is 12.5 Å². The average Bonchev–Trinajstić information content (AvgIpc) is 3.39. The summed E-state index contributed by atoms with van der Waals surface area (Å²) in [5.41, 5.74) is 3.02. The Bertz CT molecular complexity index is 1200. The minimum atomic E-state index is -0.188. The van der Waals surface area contributed by atoms with E-state index in [1.807, 2.05) is 47.2 Å². The first-order valence-electron chi connectivity index (χ1n) is 11.4. The summed E-state index contributed by atoms with van der Waals surface area (Å²) in [4.78, 5) is 30.2. The molecule has 1 amide bonds. The van der Waals surface area contributed by atoms with Crippen LogP contribution in [-0.2, 0) is 13.1 Å². The molecule has 1 saturated heterocycles. The van der Waals surface area contributed by atoms with Gasteiger partial charge in [0.1, 0.15) is 18.0 Å². The maximum absolute atomic E-state index is 12.7. The van der Waals surface area contributed by atoms with Crippen LogP contribution >= 0.6 is 0 Å². The van der Waals surface area contributed by atoms with E-state index >= 15 is 0 Å². The number of piperazine rings is 1. The smallest absolute Gasteiger partial charge is 0.256 e. The molecule has 3 heterocycles. The Labute approximate surface area is 198 Å². The third-order valence-electron chi connectivity index (χ3n) is 5.98. The summed E-state index contributed by atoms with van der Waals surface area (Å²) in [5, 5.41) is 2.90. The molecule has 8 heteroatoms. The number of hydrogen-bond donors (Lipinski definition) is 1. The number of amides is 1. The maximum Gasteiger partial charge on any atom is 0.256 e. The van der Waals surface area contributed by atoms with Gasteiger partial charge in [-0.05, 0) is 23.3 Å². The first-order valence-corrected chi connectivity index (χ1v) is 11.4. The van der Waals surface area contributed by atoms with Gasteiger partial charge in [-0.15, -0.1) is 0 Å². The van der Waals surface area contributed by atoms with Crippen molar-refractivity contribution < 1.29 is 4.79 Å². The van der Waals surface area contributed by atoms with Crippen molar-refractivity contribution in [1.82, 2.24) is 24.4 Å². The summed E-state index contributed by atoms with van der Waals surface area (Å²) in [7, 11) is 0. The van der Waals surface area contributed by atoms with E-state index in [0.717, 1.165) is 50.6 Å². The minimum Gasteiger partial charge on any atom is -0.354 e. The Morgan fingerprint density at radius 3 is 2.38 bits per heavy atom. The number of aromatic nitrogens is 4. The minimum absolute atomic E-state index is 0.188. The number of benzene rings is 2. The molecule has 172 valence electrons. The topological polar surface area (TPSA) is 79.2 Å². The number of carbonyl (C=O) groups excluding carboxylic acids is 1. The van der Waals surface area contributed by atoms with E-state index in [2.05, 4.69) is 54.3 Å². The number of imidazole rings is 1. The van der Waals surface area contributed by atoms with Crippen LogP contribution < -0.4 is 10.2 Å². The molecule has 1 aliphatic rings. The Hall–Kier alpha value is -4.04. The first-order chi connectivity index (χ1) is 16.7.